The van der Waals surface area contributed by atoms with Crippen molar-refractivity contribution in [1.82, 2.24) is 4.98 Å². The van der Waals surface area contributed by atoms with Gasteiger partial charge < -0.3 is 14.6 Å². The van der Waals surface area contributed by atoms with Crippen LogP contribution in [0.5, 0.6) is 11.6 Å². The molecule has 1 heterocycles. The molecule has 0 bridgehead atoms. The van der Waals surface area contributed by atoms with Crippen molar-refractivity contribution in [1.29, 1.82) is 0 Å². The van der Waals surface area contributed by atoms with Crippen LogP contribution in [0, 0.1) is 5.92 Å². The van der Waals surface area contributed by atoms with Crippen LogP contribution in [0.2, 0.25) is 0 Å². The maximum Gasteiger partial charge on any atom is 0.315 e. The predicted molar refractivity (Wildman–Crippen MR) is 78.9 cm³/mol. The van der Waals surface area contributed by atoms with Gasteiger partial charge in [0, 0.05) is 6.07 Å². The summed E-state index contributed by atoms with van der Waals surface area (Å²) in [7, 11) is 0. The van der Waals surface area contributed by atoms with E-state index in [2.05, 4.69) is 18.8 Å². The molecule has 2 rings (SSSR count). The lowest BCUT2D eigenvalue weighted by Gasteiger charge is -2.18. The number of carboxylic acids is 1. The molecule has 1 aromatic rings. The molecule has 1 saturated carbocycles. The zero-order valence-electron chi connectivity index (χ0n) is 13.0. The van der Waals surface area contributed by atoms with Crippen LogP contribution in [-0.2, 0) is 10.2 Å². The summed E-state index contributed by atoms with van der Waals surface area (Å²) in [5, 5.41) is 9.49. The molecule has 0 saturated heterocycles. The van der Waals surface area contributed by atoms with Gasteiger partial charge in [0.15, 0.2) is 0 Å². The van der Waals surface area contributed by atoms with Gasteiger partial charge in [0.25, 0.3) is 0 Å². The Hall–Kier alpha value is -1.78. The standard InChI is InChI=1S/C16H23NO4/c1-10(2)9-20-13-6-5-12(21-11(3)4)14(17-13)16(7-8-16)15(18)19/h5-6,10-11H,7-9H2,1-4H3,(H,18,19). The van der Waals surface area contributed by atoms with Gasteiger partial charge in [-0.2, -0.15) is 0 Å². The fraction of sp³-hybridized carbons (Fsp3) is 0.625. The molecule has 1 aliphatic carbocycles. The van der Waals surface area contributed by atoms with E-state index in [-0.39, 0.29) is 6.10 Å². The lowest BCUT2D eigenvalue weighted by molar-refractivity contribution is -0.140. The highest BCUT2D eigenvalue weighted by Gasteiger charge is 2.55. The van der Waals surface area contributed by atoms with Crippen molar-refractivity contribution in [3.05, 3.63) is 17.8 Å². The molecule has 1 fully saturated rings. The Balaban J connectivity index is 2.32. The van der Waals surface area contributed by atoms with E-state index >= 15 is 0 Å². The molecular weight excluding hydrogens is 270 g/mol. The van der Waals surface area contributed by atoms with Crippen molar-refractivity contribution in [3.63, 3.8) is 0 Å². The van der Waals surface area contributed by atoms with Crippen molar-refractivity contribution in [2.75, 3.05) is 6.61 Å². The largest absolute Gasteiger partial charge is 0.489 e. The molecule has 0 spiro atoms. The lowest BCUT2D eigenvalue weighted by atomic mass is 10.0. The van der Waals surface area contributed by atoms with Gasteiger partial charge in [-0.25, -0.2) is 4.98 Å². The van der Waals surface area contributed by atoms with Crippen LogP contribution >= 0.6 is 0 Å². The third-order valence-electron chi connectivity index (χ3n) is 3.37. The highest BCUT2D eigenvalue weighted by Crippen LogP contribution is 2.51. The van der Waals surface area contributed by atoms with Gasteiger partial charge >= 0.3 is 5.97 Å². The van der Waals surface area contributed by atoms with Crippen LogP contribution in [0.1, 0.15) is 46.2 Å². The summed E-state index contributed by atoms with van der Waals surface area (Å²) in [5.41, 5.74) is -0.411. The van der Waals surface area contributed by atoms with E-state index in [1.807, 2.05) is 13.8 Å². The van der Waals surface area contributed by atoms with E-state index in [9.17, 15) is 9.90 Å². The lowest BCUT2D eigenvalue weighted by Crippen LogP contribution is -2.23. The zero-order chi connectivity index (χ0) is 15.6. The zero-order valence-corrected chi connectivity index (χ0v) is 13.0. The molecule has 1 aromatic heterocycles. The minimum absolute atomic E-state index is 0.0300. The number of pyridine rings is 1. The minimum atomic E-state index is -0.901. The van der Waals surface area contributed by atoms with Crippen LogP contribution in [0.15, 0.2) is 12.1 Å². The van der Waals surface area contributed by atoms with Crippen molar-refractivity contribution in [2.45, 2.75) is 52.1 Å². The molecule has 0 amide bonds. The molecule has 0 atom stereocenters. The van der Waals surface area contributed by atoms with Crippen molar-refractivity contribution < 1.29 is 19.4 Å². The van der Waals surface area contributed by atoms with Gasteiger partial charge in [-0.05, 0) is 38.7 Å². The monoisotopic (exact) mass is 293 g/mol. The minimum Gasteiger partial charge on any atom is -0.489 e. The van der Waals surface area contributed by atoms with E-state index in [4.69, 9.17) is 9.47 Å². The Morgan fingerprint density at radius 3 is 2.48 bits per heavy atom. The number of nitrogens with zero attached hydrogens (tertiary/aromatic N) is 1. The summed E-state index contributed by atoms with van der Waals surface area (Å²) < 4.78 is 11.3. The second-order valence-electron chi connectivity index (χ2n) is 6.25. The normalized spacial score (nSPS) is 16.1. The third kappa shape index (κ3) is 3.46. The van der Waals surface area contributed by atoms with E-state index in [0.29, 0.717) is 42.7 Å². The summed E-state index contributed by atoms with van der Waals surface area (Å²) in [5.74, 6) is 0.546. The first-order valence-electron chi connectivity index (χ1n) is 7.39. The average Bonchev–Trinajstić information content (AvgIpc) is 3.18. The second-order valence-corrected chi connectivity index (χ2v) is 6.25. The number of carbonyl (C=O) groups is 1. The molecule has 116 valence electrons. The van der Waals surface area contributed by atoms with Gasteiger partial charge in [-0.15, -0.1) is 0 Å². The van der Waals surface area contributed by atoms with Crippen LogP contribution in [0.3, 0.4) is 0 Å². The summed E-state index contributed by atoms with van der Waals surface area (Å²) in [6.45, 7) is 8.48. The highest BCUT2D eigenvalue weighted by atomic mass is 16.5. The first-order chi connectivity index (χ1) is 9.85. The summed E-state index contributed by atoms with van der Waals surface area (Å²) in [4.78, 5) is 16.0. The Morgan fingerprint density at radius 2 is 2.00 bits per heavy atom. The molecule has 1 aliphatic rings. The maximum atomic E-state index is 11.6. The molecule has 0 radical (unpaired) electrons. The molecule has 21 heavy (non-hydrogen) atoms. The number of aliphatic carboxylic acids is 1. The van der Waals surface area contributed by atoms with Gasteiger partial charge in [-0.3, -0.25) is 4.79 Å². The quantitative estimate of drug-likeness (QED) is 0.837. The molecule has 5 heteroatoms. The number of hydrogen-bond acceptors (Lipinski definition) is 4. The molecule has 5 nitrogen and oxygen atoms in total. The summed E-state index contributed by atoms with van der Waals surface area (Å²) >= 11 is 0. The molecule has 0 aromatic carbocycles. The topological polar surface area (TPSA) is 68.7 Å². The Bertz CT molecular complexity index is 521. The van der Waals surface area contributed by atoms with E-state index in [0.717, 1.165) is 0 Å². The third-order valence-corrected chi connectivity index (χ3v) is 3.37. The van der Waals surface area contributed by atoms with E-state index in [1.165, 1.54) is 0 Å². The second kappa shape index (κ2) is 5.92. The van der Waals surface area contributed by atoms with Crippen LogP contribution < -0.4 is 9.47 Å². The Morgan fingerprint density at radius 1 is 1.33 bits per heavy atom. The van der Waals surface area contributed by atoms with Crippen LogP contribution in [0.4, 0.5) is 0 Å². The summed E-state index contributed by atoms with van der Waals surface area (Å²) in [6.07, 6.45) is 1.16. The fourth-order valence-electron chi connectivity index (χ4n) is 2.13. The number of ether oxygens (including phenoxy) is 2. The van der Waals surface area contributed by atoms with Crippen molar-refractivity contribution in [2.24, 2.45) is 5.92 Å². The summed E-state index contributed by atoms with van der Waals surface area (Å²) in [6, 6.07) is 3.50. The van der Waals surface area contributed by atoms with E-state index < -0.39 is 11.4 Å². The van der Waals surface area contributed by atoms with Crippen molar-refractivity contribution in [3.8, 4) is 11.6 Å². The van der Waals surface area contributed by atoms with Crippen molar-refractivity contribution >= 4 is 5.97 Å². The number of carboxylic acid groups (broad SMARTS) is 1. The number of hydrogen-bond donors (Lipinski definition) is 1. The van der Waals surface area contributed by atoms with Gasteiger partial charge in [0.05, 0.1) is 12.7 Å². The van der Waals surface area contributed by atoms with Gasteiger partial charge in [-0.1, -0.05) is 13.8 Å². The molecule has 1 N–H and O–H groups in total. The SMILES string of the molecule is CC(C)COc1ccc(OC(C)C)c(C2(C(=O)O)CC2)n1. The van der Waals surface area contributed by atoms with E-state index in [1.54, 1.807) is 12.1 Å². The number of aromatic nitrogens is 1. The first kappa shape index (κ1) is 15.6. The maximum absolute atomic E-state index is 11.6. The van der Waals surface area contributed by atoms with Crippen LogP contribution in [-0.4, -0.2) is 28.8 Å². The first-order valence-corrected chi connectivity index (χ1v) is 7.39. The Labute approximate surface area is 125 Å². The fourth-order valence-corrected chi connectivity index (χ4v) is 2.13. The molecule has 0 unspecified atom stereocenters. The Kier molecular flexibility index (Phi) is 4.40. The highest BCUT2D eigenvalue weighted by molar-refractivity contribution is 5.85. The van der Waals surface area contributed by atoms with Gasteiger partial charge in [0.1, 0.15) is 16.9 Å². The van der Waals surface area contributed by atoms with Gasteiger partial charge in [0.2, 0.25) is 5.88 Å². The smallest absolute Gasteiger partial charge is 0.315 e. The molecule has 0 aliphatic heterocycles. The van der Waals surface area contributed by atoms with Crippen LogP contribution in [0.25, 0.3) is 0 Å². The molecular formula is C16H23NO4. The predicted octanol–water partition coefficient (Wildman–Crippen LogP) is 3.02. The number of rotatable bonds is 7. The average molecular weight is 293 g/mol.